The molecule has 3 N–H and O–H groups in total. The minimum Gasteiger partial charge on any atom is -0.453 e. The monoisotopic (exact) mass is 869 g/mol. The van der Waals surface area contributed by atoms with Gasteiger partial charge in [-0.15, -0.1) is 0 Å². The van der Waals surface area contributed by atoms with Gasteiger partial charge in [-0.3, -0.25) is 9.59 Å². The summed E-state index contributed by atoms with van der Waals surface area (Å²) in [6, 6.07) is 54.6. The van der Waals surface area contributed by atoms with Crippen LogP contribution in [0, 0.1) is 5.92 Å². The van der Waals surface area contributed by atoms with Crippen molar-refractivity contribution in [3.8, 4) is 0 Å². The van der Waals surface area contributed by atoms with Crippen molar-refractivity contribution in [2.45, 2.75) is 75.5 Å². The third kappa shape index (κ3) is 12.7. The molecule has 0 spiro atoms. The lowest BCUT2D eigenvalue weighted by Gasteiger charge is -2.31. The number of methoxy groups -OCH3 is 1. The van der Waals surface area contributed by atoms with E-state index < -0.39 is 24.0 Å². The molecule has 1 saturated heterocycles. The highest BCUT2D eigenvalue weighted by Gasteiger charge is 2.34. The Hall–Kier alpha value is -6.68. The van der Waals surface area contributed by atoms with Crippen LogP contribution in [0.1, 0.15) is 77.0 Å². The number of ether oxygens (including phenoxy) is 2. The van der Waals surface area contributed by atoms with Gasteiger partial charge in [-0.2, -0.15) is 0 Å². The molecule has 0 saturated carbocycles. The molecule has 1 fully saturated rings. The van der Waals surface area contributed by atoms with E-state index in [2.05, 4.69) is 22.0 Å². The zero-order chi connectivity index (χ0) is 45.4. The van der Waals surface area contributed by atoms with Crippen LogP contribution in [0.5, 0.6) is 0 Å². The lowest BCUT2D eigenvalue weighted by Crippen LogP contribution is -2.46. The SMILES string of the molecule is COC(=O)N[C@H](C(=O)Cc1ccccc1CC[C@@H]1CN[C@H](CCc2ccccc2NC(=O)[C@@H](CC(C)=O)C(c2ccccc2)c2ccccc2)CO1)C(c1ccccc1)c1ccccc1. The Morgan fingerprint density at radius 2 is 1.12 bits per heavy atom. The molecule has 0 aliphatic carbocycles. The summed E-state index contributed by atoms with van der Waals surface area (Å²) in [7, 11) is 1.31. The van der Waals surface area contributed by atoms with Crippen molar-refractivity contribution < 1.29 is 28.7 Å². The zero-order valence-corrected chi connectivity index (χ0v) is 37.2. The van der Waals surface area contributed by atoms with Gasteiger partial charge in [0.25, 0.3) is 0 Å². The van der Waals surface area contributed by atoms with Gasteiger partial charge in [0, 0.05) is 43.0 Å². The smallest absolute Gasteiger partial charge is 0.407 e. The van der Waals surface area contributed by atoms with Gasteiger partial charge in [0.05, 0.1) is 25.7 Å². The average Bonchev–Trinajstić information content (AvgIpc) is 3.34. The Bertz CT molecular complexity index is 2380. The lowest BCUT2D eigenvalue weighted by molar-refractivity contribution is -0.125. The summed E-state index contributed by atoms with van der Waals surface area (Å²) in [5.74, 6) is -1.64. The van der Waals surface area contributed by atoms with E-state index in [1.807, 2.05) is 164 Å². The van der Waals surface area contributed by atoms with Crippen LogP contribution in [0.25, 0.3) is 0 Å². The number of benzene rings is 6. The first-order chi connectivity index (χ1) is 31.8. The molecule has 9 heteroatoms. The molecule has 0 radical (unpaired) electrons. The predicted octanol–water partition coefficient (Wildman–Crippen LogP) is 9.64. The molecular formula is C56H59N3O6. The number of rotatable bonds is 20. The Morgan fingerprint density at radius 3 is 1.65 bits per heavy atom. The second kappa shape index (κ2) is 23.3. The maximum absolute atomic E-state index is 14.3. The number of morpholine rings is 1. The number of nitrogens with one attached hydrogen (secondary N) is 3. The Balaban J connectivity index is 0.956. The molecule has 65 heavy (non-hydrogen) atoms. The average molecular weight is 870 g/mol. The van der Waals surface area contributed by atoms with E-state index in [-0.39, 0.29) is 48.4 Å². The largest absolute Gasteiger partial charge is 0.453 e. The minimum absolute atomic E-state index is 0.00347. The number of amides is 2. The molecule has 1 aliphatic heterocycles. The van der Waals surface area contributed by atoms with Gasteiger partial charge < -0.3 is 30.2 Å². The molecule has 1 aliphatic rings. The van der Waals surface area contributed by atoms with Crippen LogP contribution in [0.15, 0.2) is 170 Å². The highest BCUT2D eigenvalue weighted by Crippen LogP contribution is 2.36. The van der Waals surface area contributed by atoms with Crippen LogP contribution in [0.4, 0.5) is 10.5 Å². The highest BCUT2D eigenvalue weighted by molar-refractivity contribution is 5.97. The number of alkyl carbamates (subject to hydrolysis) is 1. The molecule has 7 rings (SSSR count). The second-order valence-corrected chi connectivity index (χ2v) is 16.9. The summed E-state index contributed by atoms with van der Waals surface area (Å²) in [6.07, 6.45) is 2.64. The molecular weight excluding hydrogens is 811 g/mol. The van der Waals surface area contributed by atoms with E-state index in [1.54, 1.807) is 6.92 Å². The van der Waals surface area contributed by atoms with Crippen LogP contribution >= 0.6 is 0 Å². The number of Topliss-reactive ketones (excluding diaryl/α,β-unsaturated/α-hetero) is 2. The van der Waals surface area contributed by atoms with E-state index in [9.17, 15) is 19.2 Å². The van der Waals surface area contributed by atoms with Gasteiger partial charge in [-0.05, 0) is 77.6 Å². The third-order valence-corrected chi connectivity index (χ3v) is 12.4. The van der Waals surface area contributed by atoms with Gasteiger partial charge in [0.2, 0.25) is 5.91 Å². The molecule has 0 aromatic heterocycles. The number of carbonyl (C=O) groups is 4. The van der Waals surface area contributed by atoms with Gasteiger partial charge >= 0.3 is 6.09 Å². The number of ketones is 2. The maximum Gasteiger partial charge on any atom is 0.407 e. The minimum atomic E-state index is -0.860. The number of aryl methyl sites for hydroxylation is 2. The second-order valence-electron chi connectivity index (χ2n) is 16.9. The summed E-state index contributed by atoms with van der Waals surface area (Å²) in [6.45, 7) is 2.79. The first-order valence-electron chi connectivity index (χ1n) is 22.6. The number of carbonyl (C=O) groups excluding carboxylic acids is 4. The van der Waals surface area contributed by atoms with Crippen molar-refractivity contribution in [3.05, 3.63) is 209 Å². The first kappa shape index (κ1) is 46.3. The van der Waals surface area contributed by atoms with E-state index in [4.69, 9.17) is 9.47 Å². The van der Waals surface area contributed by atoms with Crippen molar-refractivity contribution in [3.63, 3.8) is 0 Å². The fourth-order valence-corrected chi connectivity index (χ4v) is 9.13. The van der Waals surface area contributed by atoms with E-state index >= 15 is 0 Å². The molecule has 9 nitrogen and oxygen atoms in total. The summed E-state index contributed by atoms with van der Waals surface area (Å²) < 4.78 is 11.4. The van der Waals surface area contributed by atoms with Gasteiger partial charge in [0.1, 0.15) is 11.8 Å². The van der Waals surface area contributed by atoms with Crippen LogP contribution < -0.4 is 16.0 Å². The van der Waals surface area contributed by atoms with E-state index in [1.165, 1.54) is 7.11 Å². The first-order valence-corrected chi connectivity index (χ1v) is 22.6. The van der Waals surface area contributed by atoms with Gasteiger partial charge in [-0.1, -0.05) is 164 Å². The zero-order valence-electron chi connectivity index (χ0n) is 37.2. The van der Waals surface area contributed by atoms with Crippen molar-refractivity contribution >= 4 is 29.3 Å². The van der Waals surface area contributed by atoms with E-state index in [0.29, 0.717) is 13.2 Å². The van der Waals surface area contributed by atoms with Crippen molar-refractivity contribution in [2.75, 3.05) is 25.6 Å². The molecule has 4 atom stereocenters. The molecule has 1 heterocycles. The fraction of sp³-hybridized carbons (Fsp3) is 0.286. The van der Waals surface area contributed by atoms with Gasteiger partial charge in [-0.25, -0.2) is 4.79 Å². The van der Waals surface area contributed by atoms with Crippen molar-refractivity contribution in [1.29, 1.82) is 0 Å². The number of para-hydroxylation sites is 1. The summed E-state index contributed by atoms with van der Waals surface area (Å²) in [4.78, 5) is 54.0. The molecule has 6 aromatic rings. The van der Waals surface area contributed by atoms with Crippen LogP contribution in [0.2, 0.25) is 0 Å². The highest BCUT2D eigenvalue weighted by atomic mass is 16.5. The van der Waals surface area contributed by atoms with Crippen molar-refractivity contribution in [2.24, 2.45) is 5.92 Å². The van der Waals surface area contributed by atoms with Crippen LogP contribution in [0.3, 0.4) is 0 Å². The fourth-order valence-electron chi connectivity index (χ4n) is 9.13. The predicted molar refractivity (Wildman–Crippen MR) is 256 cm³/mol. The number of anilines is 1. The third-order valence-electron chi connectivity index (χ3n) is 12.4. The standard InChI is InChI=1S/C56H59N3O6/c1-39(60)35-49(52(42-21-7-3-8-22-42)43-23-9-4-10-24-43)55(62)58-50-30-18-17-20-41(50)31-33-47-38-65-48(37-57-47)34-32-40-19-15-16-29-46(40)36-51(61)54(59-56(63)64-2)53(44-25-11-5-12-26-44)45-27-13-6-14-28-45/h3-30,47-49,52-54,57H,31-38H2,1-2H3,(H,58,62)(H,59,63)/t47-,48-,49+,54-/m1/s1. The quantitative estimate of drug-likeness (QED) is 0.0699. The number of hydrogen-bond donors (Lipinski definition) is 3. The molecule has 0 bridgehead atoms. The topological polar surface area (TPSA) is 123 Å². The summed E-state index contributed by atoms with van der Waals surface area (Å²) in [5, 5.41) is 9.81. The Kier molecular flexibility index (Phi) is 16.6. The summed E-state index contributed by atoms with van der Waals surface area (Å²) in [5.41, 5.74) is 7.59. The Morgan fingerprint density at radius 1 is 0.631 bits per heavy atom. The number of hydrogen-bond acceptors (Lipinski definition) is 7. The molecule has 334 valence electrons. The maximum atomic E-state index is 14.3. The summed E-state index contributed by atoms with van der Waals surface area (Å²) >= 11 is 0. The van der Waals surface area contributed by atoms with Crippen molar-refractivity contribution in [1.82, 2.24) is 10.6 Å². The molecule has 0 unspecified atom stereocenters. The normalized spacial score (nSPS) is 15.8. The van der Waals surface area contributed by atoms with E-state index in [0.717, 1.165) is 70.3 Å². The lowest BCUT2D eigenvalue weighted by atomic mass is 9.78. The van der Waals surface area contributed by atoms with Gasteiger partial charge in [0.15, 0.2) is 5.78 Å². The molecule has 6 aromatic carbocycles. The van der Waals surface area contributed by atoms with Crippen LogP contribution in [-0.4, -0.2) is 62.0 Å². The molecule has 2 amide bonds. The Labute approximate surface area is 383 Å². The van der Waals surface area contributed by atoms with Crippen LogP contribution in [-0.2, 0) is 43.1 Å².